The molecule has 0 aliphatic heterocycles. The zero-order chi connectivity index (χ0) is 59.2. The maximum Gasteiger partial charge on any atom is 0.306 e. The summed E-state index contributed by atoms with van der Waals surface area (Å²) >= 11 is 0. The molecule has 6 heteroatoms. The average molecular weight is 1150 g/mol. The topological polar surface area (TPSA) is 78.9 Å². The molecule has 1 unspecified atom stereocenters. The van der Waals surface area contributed by atoms with Gasteiger partial charge < -0.3 is 14.2 Å². The van der Waals surface area contributed by atoms with Gasteiger partial charge in [-0.2, -0.15) is 0 Å². The van der Waals surface area contributed by atoms with E-state index in [9.17, 15) is 14.4 Å². The zero-order valence-electron chi connectivity index (χ0n) is 55.8. The van der Waals surface area contributed by atoms with Crippen molar-refractivity contribution in [3.05, 3.63) is 24.3 Å². The van der Waals surface area contributed by atoms with Gasteiger partial charge in [0.1, 0.15) is 13.2 Å². The van der Waals surface area contributed by atoms with E-state index in [1.165, 1.54) is 327 Å². The van der Waals surface area contributed by atoms with Crippen molar-refractivity contribution in [2.45, 2.75) is 431 Å². The molecule has 0 bridgehead atoms. The highest BCUT2D eigenvalue weighted by molar-refractivity contribution is 5.71. The lowest BCUT2D eigenvalue weighted by Gasteiger charge is -2.18. The summed E-state index contributed by atoms with van der Waals surface area (Å²) in [5, 5.41) is 0. The van der Waals surface area contributed by atoms with Crippen molar-refractivity contribution in [2.24, 2.45) is 0 Å². The van der Waals surface area contributed by atoms with Gasteiger partial charge in [-0.15, -0.1) is 0 Å². The predicted octanol–water partition coefficient (Wildman–Crippen LogP) is 25.7. The molecule has 0 aliphatic rings. The number of ether oxygens (including phenoxy) is 3. The van der Waals surface area contributed by atoms with Crippen molar-refractivity contribution in [2.75, 3.05) is 13.2 Å². The Labute approximate surface area is 513 Å². The quantitative estimate of drug-likeness (QED) is 0.0261. The van der Waals surface area contributed by atoms with Crippen molar-refractivity contribution < 1.29 is 28.6 Å². The Balaban J connectivity index is 4.03. The predicted molar refractivity (Wildman–Crippen MR) is 358 cm³/mol. The van der Waals surface area contributed by atoms with Crippen molar-refractivity contribution >= 4 is 17.9 Å². The maximum atomic E-state index is 12.9. The van der Waals surface area contributed by atoms with Crippen LogP contribution < -0.4 is 0 Å². The standard InChI is InChI=1S/C76H144O6/c1-4-7-10-13-16-19-22-24-26-28-30-31-32-33-34-35-36-37-38-39-40-41-42-43-44-45-46-48-49-51-54-57-60-63-66-69-75(78)81-72-73(71-80-74(77)68-65-62-59-56-53-21-18-15-12-9-6-3)82-76(79)70-67-64-61-58-55-52-50-47-29-27-25-23-20-17-14-11-8-5-2/h27-30,73H,4-26,31-72H2,1-3H3/b29-27-,30-28-. The van der Waals surface area contributed by atoms with E-state index < -0.39 is 6.10 Å². The van der Waals surface area contributed by atoms with Crippen LogP contribution >= 0.6 is 0 Å². The van der Waals surface area contributed by atoms with Crippen molar-refractivity contribution in [3.63, 3.8) is 0 Å². The summed E-state index contributed by atoms with van der Waals surface area (Å²) in [5.41, 5.74) is 0. The van der Waals surface area contributed by atoms with Crippen LogP contribution in [-0.2, 0) is 28.6 Å². The van der Waals surface area contributed by atoms with Crippen molar-refractivity contribution in [3.8, 4) is 0 Å². The molecule has 0 heterocycles. The van der Waals surface area contributed by atoms with Crippen LogP contribution in [0.5, 0.6) is 0 Å². The second kappa shape index (κ2) is 71.4. The molecule has 0 spiro atoms. The van der Waals surface area contributed by atoms with Crippen LogP contribution in [0.3, 0.4) is 0 Å². The highest BCUT2D eigenvalue weighted by atomic mass is 16.6. The summed E-state index contributed by atoms with van der Waals surface area (Å²) in [6.45, 7) is 6.70. The highest BCUT2D eigenvalue weighted by Gasteiger charge is 2.20. The minimum Gasteiger partial charge on any atom is -0.462 e. The van der Waals surface area contributed by atoms with Gasteiger partial charge in [0, 0.05) is 19.3 Å². The molecular weight excluding hydrogens is 1010 g/mol. The maximum absolute atomic E-state index is 12.9. The number of esters is 3. The SMILES string of the molecule is CCCCCCCCC/C=C\CCCCCCCCCC(=O)OC(COC(=O)CCCCCCCCCCCCC)COC(=O)CCCCCCCCCCCCCCCCCCCCCCCCC/C=C\CCCCCCCCCC. The lowest BCUT2D eigenvalue weighted by Crippen LogP contribution is -2.30. The molecule has 0 fully saturated rings. The van der Waals surface area contributed by atoms with Gasteiger partial charge in [0.25, 0.3) is 0 Å². The molecule has 82 heavy (non-hydrogen) atoms. The summed E-state index contributed by atoms with van der Waals surface area (Å²) in [4.78, 5) is 38.3. The summed E-state index contributed by atoms with van der Waals surface area (Å²) in [5.74, 6) is -0.840. The van der Waals surface area contributed by atoms with Gasteiger partial charge in [-0.1, -0.05) is 360 Å². The molecule has 0 aromatic carbocycles. The molecule has 0 aliphatic carbocycles. The van der Waals surface area contributed by atoms with Gasteiger partial charge in [0.05, 0.1) is 0 Å². The van der Waals surface area contributed by atoms with Gasteiger partial charge in [-0.05, 0) is 70.6 Å². The normalized spacial score (nSPS) is 12.1. The van der Waals surface area contributed by atoms with E-state index in [1.54, 1.807) is 0 Å². The van der Waals surface area contributed by atoms with Crippen LogP contribution in [0.4, 0.5) is 0 Å². The number of hydrogen-bond acceptors (Lipinski definition) is 6. The third-order valence-corrected chi connectivity index (χ3v) is 17.2. The fourth-order valence-corrected chi connectivity index (χ4v) is 11.6. The van der Waals surface area contributed by atoms with E-state index in [0.29, 0.717) is 19.3 Å². The summed E-state index contributed by atoms with van der Waals surface area (Å²) in [7, 11) is 0. The molecule has 0 amide bonds. The minimum atomic E-state index is -0.769. The smallest absolute Gasteiger partial charge is 0.306 e. The Kier molecular flexibility index (Phi) is 69.5. The molecule has 0 rings (SSSR count). The average Bonchev–Trinajstić information content (AvgIpc) is 3.47. The first-order valence-corrected chi connectivity index (χ1v) is 37.3. The van der Waals surface area contributed by atoms with Crippen LogP contribution in [-0.4, -0.2) is 37.2 Å². The molecule has 1 atom stereocenters. The molecule has 0 radical (unpaired) electrons. The largest absolute Gasteiger partial charge is 0.462 e. The van der Waals surface area contributed by atoms with Gasteiger partial charge in [0.15, 0.2) is 6.10 Å². The summed E-state index contributed by atoms with van der Waals surface area (Å²) < 4.78 is 17.0. The molecule has 0 saturated carbocycles. The lowest BCUT2D eigenvalue weighted by molar-refractivity contribution is -0.167. The first kappa shape index (κ1) is 79.9. The van der Waals surface area contributed by atoms with E-state index in [1.807, 2.05) is 0 Å². The van der Waals surface area contributed by atoms with Gasteiger partial charge >= 0.3 is 17.9 Å². The first-order valence-electron chi connectivity index (χ1n) is 37.3. The van der Waals surface area contributed by atoms with Crippen LogP contribution in [0.25, 0.3) is 0 Å². The fourth-order valence-electron chi connectivity index (χ4n) is 11.6. The zero-order valence-corrected chi connectivity index (χ0v) is 55.8. The number of carbonyl (C=O) groups is 3. The highest BCUT2D eigenvalue weighted by Crippen LogP contribution is 2.19. The monoisotopic (exact) mass is 1150 g/mol. The number of carbonyl (C=O) groups excluding carboxylic acids is 3. The second-order valence-corrected chi connectivity index (χ2v) is 25.6. The third kappa shape index (κ3) is 68.7. The fraction of sp³-hybridized carbons (Fsp3) is 0.908. The third-order valence-electron chi connectivity index (χ3n) is 17.2. The first-order chi connectivity index (χ1) is 40.5. The summed E-state index contributed by atoms with van der Waals surface area (Å²) in [6, 6.07) is 0. The molecular formula is C76H144O6. The Hall–Kier alpha value is -2.11. The van der Waals surface area contributed by atoms with E-state index in [0.717, 1.165) is 57.8 Å². The second-order valence-electron chi connectivity index (χ2n) is 25.6. The molecule has 0 aromatic rings. The van der Waals surface area contributed by atoms with Gasteiger partial charge in [0.2, 0.25) is 0 Å². The number of rotatable bonds is 70. The molecule has 6 nitrogen and oxygen atoms in total. The molecule has 0 aromatic heterocycles. The van der Waals surface area contributed by atoms with Crippen molar-refractivity contribution in [1.82, 2.24) is 0 Å². The van der Waals surface area contributed by atoms with E-state index in [2.05, 4.69) is 45.1 Å². The Morgan fingerprint density at radius 2 is 0.402 bits per heavy atom. The lowest BCUT2D eigenvalue weighted by atomic mass is 10.0. The van der Waals surface area contributed by atoms with Crippen LogP contribution in [0, 0.1) is 0 Å². The van der Waals surface area contributed by atoms with Crippen LogP contribution in [0.1, 0.15) is 425 Å². The molecule has 0 N–H and O–H groups in total. The number of unbranched alkanes of at least 4 members (excludes halogenated alkanes) is 55. The Bertz CT molecular complexity index is 1320. The van der Waals surface area contributed by atoms with Gasteiger partial charge in [-0.25, -0.2) is 0 Å². The number of hydrogen-bond donors (Lipinski definition) is 0. The van der Waals surface area contributed by atoms with E-state index in [-0.39, 0.29) is 31.1 Å². The van der Waals surface area contributed by atoms with Crippen LogP contribution in [0.2, 0.25) is 0 Å². The summed E-state index contributed by atoms with van der Waals surface area (Å²) in [6.07, 6.45) is 88.2. The Morgan fingerprint density at radius 1 is 0.232 bits per heavy atom. The number of allylic oxidation sites excluding steroid dienone is 4. The molecule has 0 saturated heterocycles. The Morgan fingerprint density at radius 3 is 0.610 bits per heavy atom. The minimum absolute atomic E-state index is 0.0663. The van der Waals surface area contributed by atoms with Crippen LogP contribution in [0.15, 0.2) is 24.3 Å². The molecule has 484 valence electrons. The van der Waals surface area contributed by atoms with Crippen molar-refractivity contribution in [1.29, 1.82) is 0 Å². The van der Waals surface area contributed by atoms with Gasteiger partial charge in [-0.3, -0.25) is 14.4 Å². The van der Waals surface area contributed by atoms with E-state index >= 15 is 0 Å². The van der Waals surface area contributed by atoms with E-state index in [4.69, 9.17) is 14.2 Å².